The lowest BCUT2D eigenvalue weighted by atomic mass is 10.1. The standard InChI is InChI=1S/C23H35N5O2.HI/c1-2-24-23(25-14-19-7-8-28(16-19)20-4-5-20)27-11-9-26(10-12-27)15-18-3-6-21-22(13-18)30-17-29-21;/h3,6,13,19-20H,2,4-5,7-12,14-17H2,1H3,(H,24,25);1H. The maximum atomic E-state index is 5.52. The number of halogens is 1. The number of aliphatic imine (C=N–C) groups is 1. The normalized spacial score (nSPS) is 24.4. The largest absolute Gasteiger partial charge is 0.454 e. The molecule has 7 nitrogen and oxygen atoms in total. The zero-order valence-electron chi connectivity index (χ0n) is 18.6. The highest BCUT2D eigenvalue weighted by molar-refractivity contribution is 14.0. The Morgan fingerprint density at radius 2 is 1.87 bits per heavy atom. The summed E-state index contributed by atoms with van der Waals surface area (Å²) in [5.41, 5.74) is 1.29. The van der Waals surface area contributed by atoms with Crippen LogP contribution in [0, 0.1) is 5.92 Å². The molecular formula is C23H36IN5O2. The van der Waals surface area contributed by atoms with Crippen molar-refractivity contribution in [3.63, 3.8) is 0 Å². The third kappa shape index (κ3) is 5.76. The minimum absolute atomic E-state index is 0. The topological polar surface area (TPSA) is 52.6 Å². The highest BCUT2D eigenvalue weighted by Gasteiger charge is 2.34. The first-order valence-electron chi connectivity index (χ1n) is 11.7. The maximum absolute atomic E-state index is 5.52. The lowest BCUT2D eigenvalue weighted by molar-refractivity contribution is 0.171. The molecule has 2 saturated heterocycles. The van der Waals surface area contributed by atoms with Crippen LogP contribution in [-0.2, 0) is 6.54 Å². The van der Waals surface area contributed by atoms with E-state index in [1.165, 1.54) is 37.9 Å². The average Bonchev–Trinajstić information content (AvgIpc) is 3.32. The summed E-state index contributed by atoms with van der Waals surface area (Å²) in [6.45, 7) is 12.0. The van der Waals surface area contributed by atoms with Crippen LogP contribution in [0.1, 0.15) is 31.7 Å². The van der Waals surface area contributed by atoms with Gasteiger partial charge in [0, 0.05) is 58.4 Å². The number of guanidine groups is 1. The van der Waals surface area contributed by atoms with Crippen molar-refractivity contribution in [1.29, 1.82) is 0 Å². The quantitative estimate of drug-likeness (QED) is 0.340. The maximum Gasteiger partial charge on any atom is 0.231 e. The number of piperazine rings is 1. The summed E-state index contributed by atoms with van der Waals surface area (Å²) in [6, 6.07) is 7.19. The molecule has 31 heavy (non-hydrogen) atoms. The molecule has 3 aliphatic heterocycles. The highest BCUT2D eigenvalue weighted by Crippen LogP contribution is 2.33. The zero-order valence-corrected chi connectivity index (χ0v) is 20.9. The smallest absolute Gasteiger partial charge is 0.231 e. The van der Waals surface area contributed by atoms with Gasteiger partial charge in [0.15, 0.2) is 17.5 Å². The predicted octanol–water partition coefficient (Wildman–Crippen LogP) is 2.60. The molecule has 172 valence electrons. The van der Waals surface area contributed by atoms with Gasteiger partial charge in [-0.15, -0.1) is 24.0 Å². The van der Waals surface area contributed by atoms with E-state index in [0.29, 0.717) is 6.79 Å². The van der Waals surface area contributed by atoms with Crippen LogP contribution >= 0.6 is 24.0 Å². The Labute approximate surface area is 203 Å². The summed E-state index contributed by atoms with van der Waals surface area (Å²) in [5, 5.41) is 3.53. The number of nitrogens with one attached hydrogen (secondary N) is 1. The number of fused-ring (bicyclic) bond motifs is 1. The van der Waals surface area contributed by atoms with Gasteiger partial charge < -0.3 is 24.6 Å². The SMILES string of the molecule is CCNC(=NCC1CCN(C2CC2)C1)N1CCN(Cc2ccc3c(c2)OCO3)CC1.I. The van der Waals surface area contributed by atoms with Crippen LogP contribution < -0.4 is 14.8 Å². The van der Waals surface area contributed by atoms with Gasteiger partial charge in [0.1, 0.15) is 0 Å². The Hall–Kier alpha value is -1.26. The van der Waals surface area contributed by atoms with E-state index in [4.69, 9.17) is 14.5 Å². The Balaban J connectivity index is 0.00000231. The molecule has 1 aromatic rings. The molecule has 0 radical (unpaired) electrons. The molecule has 0 aromatic heterocycles. The molecule has 1 saturated carbocycles. The van der Waals surface area contributed by atoms with Crippen molar-refractivity contribution in [2.24, 2.45) is 10.9 Å². The first-order chi connectivity index (χ1) is 14.8. The van der Waals surface area contributed by atoms with E-state index in [2.05, 4.69) is 39.1 Å². The number of nitrogens with zero attached hydrogens (tertiary/aromatic N) is 4. The van der Waals surface area contributed by atoms with Crippen LogP contribution in [0.2, 0.25) is 0 Å². The van der Waals surface area contributed by atoms with Gasteiger partial charge in [-0.1, -0.05) is 6.07 Å². The van der Waals surface area contributed by atoms with Crippen molar-refractivity contribution in [3.05, 3.63) is 23.8 Å². The number of rotatable bonds is 6. The fourth-order valence-corrected chi connectivity index (χ4v) is 4.84. The van der Waals surface area contributed by atoms with E-state index in [-0.39, 0.29) is 24.0 Å². The Morgan fingerprint density at radius 1 is 1.06 bits per heavy atom. The highest BCUT2D eigenvalue weighted by atomic mass is 127. The first kappa shape index (κ1) is 22.9. The van der Waals surface area contributed by atoms with Gasteiger partial charge in [-0.2, -0.15) is 0 Å². The van der Waals surface area contributed by atoms with Crippen molar-refractivity contribution < 1.29 is 9.47 Å². The molecular weight excluding hydrogens is 505 g/mol. The van der Waals surface area contributed by atoms with Gasteiger partial charge in [-0.05, 0) is 56.3 Å². The molecule has 3 fully saturated rings. The second-order valence-electron chi connectivity index (χ2n) is 9.03. The van der Waals surface area contributed by atoms with Crippen LogP contribution in [-0.4, -0.2) is 85.9 Å². The minimum Gasteiger partial charge on any atom is -0.454 e. The fourth-order valence-electron chi connectivity index (χ4n) is 4.84. The lowest BCUT2D eigenvalue weighted by Gasteiger charge is -2.36. The van der Waals surface area contributed by atoms with E-state index in [1.807, 2.05) is 6.07 Å². The molecule has 1 aromatic carbocycles. The van der Waals surface area contributed by atoms with E-state index in [0.717, 1.165) is 75.2 Å². The van der Waals surface area contributed by atoms with Crippen LogP contribution in [0.15, 0.2) is 23.2 Å². The summed E-state index contributed by atoms with van der Waals surface area (Å²) in [6.07, 6.45) is 4.13. The van der Waals surface area contributed by atoms with E-state index < -0.39 is 0 Å². The summed E-state index contributed by atoms with van der Waals surface area (Å²) in [4.78, 5) is 12.7. The Morgan fingerprint density at radius 3 is 2.65 bits per heavy atom. The molecule has 1 unspecified atom stereocenters. The first-order valence-corrected chi connectivity index (χ1v) is 11.7. The Kier molecular flexibility index (Phi) is 7.81. The second-order valence-corrected chi connectivity index (χ2v) is 9.03. The number of likely N-dealkylation sites (tertiary alicyclic amines) is 1. The van der Waals surface area contributed by atoms with Gasteiger partial charge in [-0.25, -0.2) is 0 Å². The summed E-state index contributed by atoms with van der Waals surface area (Å²) < 4.78 is 10.9. The zero-order chi connectivity index (χ0) is 20.3. The van der Waals surface area contributed by atoms with Crippen LogP contribution in [0.4, 0.5) is 0 Å². The van der Waals surface area contributed by atoms with E-state index in [1.54, 1.807) is 0 Å². The van der Waals surface area contributed by atoms with Crippen molar-refractivity contribution in [2.75, 3.05) is 59.2 Å². The van der Waals surface area contributed by atoms with Gasteiger partial charge in [-0.3, -0.25) is 9.89 Å². The average molecular weight is 541 g/mol. The second kappa shape index (κ2) is 10.6. The number of ether oxygens (including phenoxy) is 2. The number of hydrogen-bond acceptors (Lipinski definition) is 5. The van der Waals surface area contributed by atoms with Gasteiger partial charge in [0.25, 0.3) is 0 Å². The van der Waals surface area contributed by atoms with E-state index >= 15 is 0 Å². The van der Waals surface area contributed by atoms with Gasteiger partial charge in [0.2, 0.25) is 6.79 Å². The molecule has 0 bridgehead atoms. The lowest BCUT2D eigenvalue weighted by Crippen LogP contribution is -2.52. The molecule has 3 heterocycles. The molecule has 1 N–H and O–H groups in total. The number of benzene rings is 1. The van der Waals surface area contributed by atoms with Crippen molar-refractivity contribution in [1.82, 2.24) is 20.0 Å². The van der Waals surface area contributed by atoms with E-state index in [9.17, 15) is 0 Å². The third-order valence-electron chi connectivity index (χ3n) is 6.73. The predicted molar refractivity (Wildman–Crippen MR) is 134 cm³/mol. The monoisotopic (exact) mass is 541 g/mol. The van der Waals surface area contributed by atoms with Crippen molar-refractivity contribution in [3.8, 4) is 11.5 Å². The van der Waals surface area contributed by atoms with Gasteiger partial charge in [0.05, 0.1) is 0 Å². The van der Waals surface area contributed by atoms with Crippen LogP contribution in [0.5, 0.6) is 11.5 Å². The van der Waals surface area contributed by atoms with Crippen molar-refractivity contribution >= 4 is 29.9 Å². The molecule has 0 amide bonds. The Bertz CT molecular complexity index is 764. The third-order valence-corrected chi connectivity index (χ3v) is 6.73. The molecule has 1 atom stereocenters. The molecule has 8 heteroatoms. The molecule has 5 rings (SSSR count). The summed E-state index contributed by atoms with van der Waals surface area (Å²) in [7, 11) is 0. The number of hydrogen-bond donors (Lipinski definition) is 1. The molecule has 4 aliphatic rings. The summed E-state index contributed by atoms with van der Waals surface area (Å²) >= 11 is 0. The minimum atomic E-state index is 0. The van der Waals surface area contributed by atoms with Crippen LogP contribution in [0.3, 0.4) is 0 Å². The van der Waals surface area contributed by atoms with Crippen molar-refractivity contribution in [2.45, 2.75) is 38.8 Å². The van der Waals surface area contributed by atoms with Crippen LogP contribution in [0.25, 0.3) is 0 Å². The van der Waals surface area contributed by atoms with Gasteiger partial charge >= 0.3 is 0 Å². The fraction of sp³-hybridized carbons (Fsp3) is 0.696. The molecule has 0 spiro atoms. The molecule has 1 aliphatic carbocycles. The summed E-state index contributed by atoms with van der Waals surface area (Å²) in [5.74, 6) is 3.56.